The molecule has 0 bridgehead atoms. The maximum absolute atomic E-state index is 13.6. The average Bonchev–Trinajstić information content (AvgIpc) is 2.47. The van der Waals surface area contributed by atoms with Crippen LogP contribution in [0, 0.1) is 11.6 Å². The molecule has 5 nitrogen and oxygen atoms in total. The van der Waals surface area contributed by atoms with Gasteiger partial charge in [-0.2, -0.15) is 0 Å². The van der Waals surface area contributed by atoms with Crippen molar-refractivity contribution < 1.29 is 13.6 Å². The smallest absolute Gasteiger partial charge is 0.270 e. The van der Waals surface area contributed by atoms with Gasteiger partial charge in [-0.25, -0.2) is 18.7 Å². The minimum atomic E-state index is -0.933. The van der Waals surface area contributed by atoms with Gasteiger partial charge in [0.2, 0.25) is 0 Å². The van der Waals surface area contributed by atoms with Gasteiger partial charge in [-0.05, 0) is 34.3 Å². The van der Waals surface area contributed by atoms with Crippen LogP contribution in [0.1, 0.15) is 10.4 Å². The second kappa shape index (κ2) is 7.01. The summed E-state index contributed by atoms with van der Waals surface area (Å²) in [5.41, 5.74) is 1.72. The summed E-state index contributed by atoms with van der Waals surface area (Å²) in [5, 5.41) is 1.76. The second-order valence-corrected chi connectivity index (χ2v) is 5.75. The number of carbonyl (C=O) groups excluding carboxylic acids is 1. The molecule has 0 fully saturated rings. The molecule has 0 aliphatic heterocycles. The Labute approximate surface area is 138 Å². The Balaban J connectivity index is 2.25. The highest BCUT2D eigenvalue weighted by Gasteiger charge is 2.19. The number of rotatable bonds is 4. The molecule has 22 heavy (non-hydrogen) atoms. The molecule has 1 aromatic heterocycles. The number of nitrogens with zero attached hydrogens (tertiary/aromatic N) is 3. The molecule has 1 N–H and O–H groups in total. The minimum Gasteiger partial charge on any atom is -0.270 e. The SMILES string of the molecule is CSc1ncc(Br)c(N(C)NC(=O)c2c(F)cccc2F)n1. The Morgan fingerprint density at radius 1 is 1.36 bits per heavy atom. The second-order valence-electron chi connectivity index (χ2n) is 4.12. The monoisotopic (exact) mass is 388 g/mol. The number of anilines is 1. The van der Waals surface area contributed by atoms with Gasteiger partial charge in [0.25, 0.3) is 5.91 Å². The van der Waals surface area contributed by atoms with Crippen LogP contribution in [0.4, 0.5) is 14.6 Å². The summed E-state index contributed by atoms with van der Waals surface area (Å²) < 4.78 is 27.7. The molecule has 0 saturated carbocycles. The van der Waals surface area contributed by atoms with Crippen LogP contribution < -0.4 is 10.4 Å². The molecule has 1 aromatic carbocycles. The molecule has 0 unspecified atom stereocenters. The predicted octanol–water partition coefficient (Wildman–Crippen LogP) is 3.02. The van der Waals surface area contributed by atoms with Crippen LogP contribution in [-0.4, -0.2) is 29.2 Å². The van der Waals surface area contributed by atoms with Crippen molar-refractivity contribution in [2.24, 2.45) is 0 Å². The first-order chi connectivity index (χ1) is 10.4. The van der Waals surface area contributed by atoms with Gasteiger partial charge in [0.1, 0.15) is 17.2 Å². The summed E-state index contributed by atoms with van der Waals surface area (Å²) in [4.78, 5) is 20.3. The van der Waals surface area contributed by atoms with E-state index in [2.05, 4.69) is 31.3 Å². The van der Waals surface area contributed by atoms with Crippen molar-refractivity contribution in [2.45, 2.75) is 5.16 Å². The van der Waals surface area contributed by atoms with Crippen LogP contribution >= 0.6 is 27.7 Å². The van der Waals surface area contributed by atoms with Crippen molar-refractivity contribution in [1.29, 1.82) is 0 Å². The number of carbonyl (C=O) groups is 1. The molecule has 2 rings (SSSR count). The van der Waals surface area contributed by atoms with Crippen LogP contribution in [0.2, 0.25) is 0 Å². The van der Waals surface area contributed by atoms with Crippen LogP contribution in [-0.2, 0) is 0 Å². The normalized spacial score (nSPS) is 10.4. The first kappa shape index (κ1) is 16.6. The minimum absolute atomic E-state index is 0.365. The summed E-state index contributed by atoms with van der Waals surface area (Å²) in [6, 6.07) is 3.23. The highest BCUT2D eigenvalue weighted by Crippen LogP contribution is 2.23. The number of hydrogen-bond acceptors (Lipinski definition) is 5. The number of benzene rings is 1. The van der Waals surface area contributed by atoms with Gasteiger partial charge in [0.15, 0.2) is 11.0 Å². The van der Waals surface area contributed by atoms with Gasteiger partial charge >= 0.3 is 0 Å². The average molecular weight is 389 g/mol. The van der Waals surface area contributed by atoms with Gasteiger partial charge < -0.3 is 0 Å². The van der Waals surface area contributed by atoms with Gasteiger partial charge in [0, 0.05) is 13.2 Å². The lowest BCUT2D eigenvalue weighted by Gasteiger charge is -2.20. The van der Waals surface area contributed by atoms with Gasteiger partial charge in [-0.15, -0.1) is 0 Å². The molecule has 9 heteroatoms. The number of aromatic nitrogens is 2. The quantitative estimate of drug-likeness (QED) is 0.495. The van der Waals surface area contributed by atoms with Crippen molar-refractivity contribution in [1.82, 2.24) is 15.4 Å². The first-order valence-electron chi connectivity index (χ1n) is 5.99. The summed E-state index contributed by atoms with van der Waals surface area (Å²) in [6.45, 7) is 0. The fraction of sp³-hybridized carbons (Fsp3) is 0.154. The van der Waals surface area contributed by atoms with Crippen LogP contribution in [0.25, 0.3) is 0 Å². The Kier molecular flexibility index (Phi) is 5.30. The number of hydrazine groups is 1. The summed E-state index contributed by atoms with van der Waals surface area (Å²) in [7, 11) is 1.51. The Morgan fingerprint density at radius 3 is 2.59 bits per heavy atom. The molecular formula is C13H11BrF2N4OS. The zero-order valence-electron chi connectivity index (χ0n) is 11.6. The highest BCUT2D eigenvalue weighted by molar-refractivity contribution is 9.10. The van der Waals surface area contributed by atoms with Gasteiger partial charge in [-0.3, -0.25) is 15.2 Å². The molecule has 0 atom stereocenters. The summed E-state index contributed by atoms with van der Waals surface area (Å²) in [5.74, 6) is -2.41. The molecule has 0 radical (unpaired) electrons. The number of amides is 1. The van der Waals surface area contributed by atoms with E-state index in [-0.39, 0.29) is 0 Å². The van der Waals surface area contributed by atoms with Crippen LogP contribution in [0.3, 0.4) is 0 Å². The zero-order chi connectivity index (χ0) is 16.3. The summed E-state index contributed by atoms with van der Waals surface area (Å²) >= 11 is 4.59. The molecular weight excluding hydrogens is 378 g/mol. The molecule has 0 aliphatic carbocycles. The maximum Gasteiger partial charge on any atom is 0.275 e. The van der Waals surface area contributed by atoms with E-state index in [4.69, 9.17) is 0 Å². The standard InChI is InChI=1S/C13H11BrF2N4OS/c1-20(11-7(14)6-17-13(18-11)22-2)19-12(21)10-8(15)4-3-5-9(10)16/h3-6H,1-2H3,(H,19,21). The van der Waals surface area contributed by atoms with E-state index in [9.17, 15) is 13.6 Å². The van der Waals surface area contributed by atoms with E-state index in [1.807, 2.05) is 0 Å². The first-order valence-corrected chi connectivity index (χ1v) is 8.01. The fourth-order valence-electron chi connectivity index (χ4n) is 1.65. The molecule has 0 saturated heterocycles. The van der Waals surface area contributed by atoms with Crippen molar-refractivity contribution in [3.05, 3.63) is 46.1 Å². The zero-order valence-corrected chi connectivity index (χ0v) is 14.0. The lowest BCUT2D eigenvalue weighted by molar-refractivity contribution is 0.0942. The van der Waals surface area contributed by atoms with Crippen molar-refractivity contribution in [3.8, 4) is 0 Å². The van der Waals surface area contributed by atoms with Crippen LogP contribution in [0.15, 0.2) is 34.0 Å². The van der Waals surface area contributed by atoms with E-state index in [0.717, 1.165) is 12.1 Å². The molecule has 0 aliphatic rings. The highest BCUT2D eigenvalue weighted by atomic mass is 79.9. The fourth-order valence-corrected chi connectivity index (χ4v) is 2.44. The van der Waals surface area contributed by atoms with Crippen molar-refractivity contribution in [2.75, 3.05) is 18.3 Å². The molecule has 116 valence electrons. The van der Waals surface area contributed by atoms with E-state index in [1.54, 1.807) is 6.26 Å². The predicted molar refractivity (Wildman–Crippen MR) is 83.7 cm³/mol. The van der Waals surface area contributed by atoms with E-state index in [1.165, 1.54) is 36.1 Å². The van der Waals surface area contributed by atoms with Gasteiger partial charge in [0.05, 0.1) is 4.47 Å². The molecule has 2 aromatic rings. The van der Waals surface area contributed by atoms with Crippen molar-refractivity contribution in [3.63, 3.8) is 0 Å². The molecule has 1 amide bonds. The lowest BCUT2D eigenvalue weighted by atomic mass is 10.2. The molecule has 0 spiro atoms. The van der Waals surface area contributed by atoms with Gasteiger partial charge in [-0.1, -0.05) is 17.8 Å². The number of hydrogen-bond donors (Lipinski definition) is 1. The molecule has 1 heterocycles. The summed E-state index contributed by atoms with van der Waals surface area (Å²) in [6.07, 6.45) is 3.33. The number of thioether (sulfide) groups is 1. The third-order valence-corrected chi connectivity index (χ3v) is 3.78. The lowest BCUT2D eigenvalue weighted by Crippen LogP contribution is -2.41. The Morgan fingerprint density at radius 2 is 2.00 bits per heavy atom. The van der Waals surface area contributed by atoms with E-state index in [0.29, 0.717) is 15.4 Å². The third kappa shape index (κ3) is 3.53. The number of nitrogens with one attached hydrogen (secondary N) is 1. The van der Waals surface area contributed by atoms with E-state index < -0.39 is 23.1 Å². The van der Waals surface area contributed by atoms with E-state index >= 15 is 0 Å². The number of halogens is 3. The Hall–Kier alpha value is -1.74. The maximum atomic E-state index is 13.6. The largest absolute Gasteiger partial charge is 0.275 e. The Bertz CT molecular complexity index is 696. The van der Waals surface area contributed by atoms with Crippen molar-refractivity contribution >= 4 is 39.4 Å². The van der Waals surface area contributed by atoms with Crippen LogP contribution in [0.5, 0.6) is 0 Å². The third-order valence-electron chi connectivity index (χ3n) is 2.66. The topological polar surface area (TPSA) is 58.1 Å².